The topological polar surface area (TPSA) is 84.2 Å². The van der Waals surface area contributed by atoms with Gasteiger partial charge in [-0.1, -0.05) is 37.3 Å². The zero-order valence-electron chi connectivity index (χ0n) is 13.6. The Bertz CT molecular complexity index is 758. The summed E-state index contributed by atoms with van der Waals surface area (Å²) in [4.78, 5) is 23.9. The molecule has 4 N–H and O–H groups in total. The van der Waals surface area contributed by atoms with E-state index in [0.29, 0.717) is 12.8 Å². The summed E-state index contributed by atoms with van der Waals surface area (Å²) >= 11 is 0. The standard InChI is InChI=1S/C19H21N3O2/c1-12(18(20)13-5-3-2-4-6-13)19(24)21-15-8-9-16-14(11-15)7-10-17(23)22-16/h2-6,8-9,11-12,18H,7,10,20H2,1H3,(H,21,24)(H,22,23). The third-order valence-corrected chi connectivity index (χ3v) is 4.40. The minimum Gasteiger partial charge on any atom is -0.326 e. The van der Waals surface area contributed by atoms with Crippen LogP contribution in [0.4, 0.5) is 11.4 Å². The number of rotatable bonds is 4. The number of fused-ring (bicyclic) bond motifs is 1. The molecular weight excluding hydrogens is 302 g/mol. The summed E-state index contributed by atoms with van der Waals surface area (Å²) in [5, 5.41) is 5.75. The Labute approximate surface area is 141 Å². The number of benzene rings is 2. The van der Waals surface area contributed by atoms with Gasteiger partial charge in [-0.3, -0.25) is 9.59 Å². The maximum absolute atomic E-state index is 12.5. The van der Waals surface area contributed by atoms with Crippen LogP contribution in [0, 0.1) is 5.92 Å². The van der Waals surface area contributed by atoms with Crippen LogP contribution in [0.15, 0.2) is 48.5 Å². The van der Waals surface area contributed by atoms with Gasteiger partial charge in [0.2, 0.25) is 11.8 Å². The molecule has 0 spiro atoms. The van der Waals surface area contributed by atoms with Gasteiger partial charge >= 0.3 is 0 Å². The van der Waals surface area contributed by atoms with Crippen molar-refractivity contribution in [3.05, 3.63) is 59.7 Å². The summed E-state index contributed by atoms with van der Waals surface area (Å²) < 4.78 is 0. The van der Waals surface area contributed by atoms with E-state index in [1.807, 2.05) is 49.4 Å². The summed E-state index contributed by atoms with van der Waals surface area (Å²) in [6.07, 6.45) is 1.16. The molecule has 2 unspecified atom stereocenters. The van der Waals surface area contributed by atoms with Crippen LogP contribution in [-0.4, -0.2) is 11.8 Å². The summed E-state index contributed by atoms with van der Waals surface area (Å²) in [5.41, 5.74) is 9.73. The van der Waals surface area contributed by atoms with Crippen molar-refractivity contribution in [2.24, 2.45) is 11.7 Å². The van der Waals surface area contributed by atoms with E-state index in [1.165, 1.54) is 0 Å². The molecule has 0 aliphatic carbocycles. The number of hydrogen-bond acceptors (Lipinski definition) is 3. The predicted molar refractivity (Wildman–Crippen MR) is 94.6 cm³/mol. The van der Waals surface area contributed by atoms with E-state index in [0.717, 1.165) is 22.5 Å². The quantitative estimate of drug-likeness (QED) is 0.809. The average molecular weight is 323 g/mol. The highest BCUT2D eigenvalue weighted by Crippen LogP contribution is 2.27. The Morgan fingerprint density at radius 2 is 1.92 bits per heavy atom. The van der Waals surface area contributed by atoms with Gasteiger partial charge in [0.25, 0.3) is 0 Å². The molecule has 0 bridgehead atoms. The van der Waals surface area contributed by atoms with Gasteiger partial charge < -0.3 is 16.4 Å². The largest absolute Gasteiger partial charge is 0.326 e. The Morgan fingerprint density at radius 3 is 2.67 bits per heavy atom. The highest BCUT2D eigenvalue weighted by Gasteiger charge is 2.23. The van der Waals surface area contributed by atoms with Crippen molar-refractivity contribution in [2.45, 2.75) is 25.8 Å². The van der Waals surface area contributed by atoms with Gasteiger partial charge in [-0.25, -0.2) is 0 Å². The lowest BCUT2D eigenvalue weighted by Crippen LogP contribution is -2.30. The van der Waals surface area contributed by atoms with Gasteiger partial charge in [-0.05, 0) is 35.7 Å². The minimum absolute atomic E-state index is 0.0294. The van der Waals surface area contributed by atoms with Gasteiger partial charge in [0.05, 0.1) is 5.92 Å². The number of aryl methyl sites for hydroxylation is 1. The number of amides is 2. The fourth-order valence-electron chi connectivity index (χ4n) is 2.84. The molecule has 1 aliphatic rings. The first-order valence-electron chi connectivity index (χ1n) is 8.09. The van der Waals surface area contributed by atoms with E-state index >= 15 is 0 Å². The zero-order valence-corrected chi connectivity index (χ0v) is 13.6. The van der Waals surface area contributed by atoms with Crippen molar-refractivity contribution in [1.29, 1.82) is 0 Å². The number of carbonyl (C=O) groups excluding carboxylic acids is 2. The summed E-state index contributed by atoms with van der Waals surface area (Å²) in [7, 11) is 0. The molecule has 2 aromatic rings. The zero-order chi connectivity index (χ0) is 17.1. The van der Waals surface area contributed by atoms with Crippen molar-refractivity contribution < 1.29 is 9.59 Å². The lowest BCUT2D eigenvalue weighted by molar-refractivity contribution is -0.120. The molecule has 0 radical (unpaired) electrons. The molecule has 2 aromatic carbocycles. The molecule has 3 rings (SSSR count). The van der Waals surface area contributed by atoms with Crippen molar-refractivity contribution >= 4 is 23.2 Å². The van der Waals surface area contributed by atoms with Gasteiger partial charge in [0, 0.05) is 23.8 Å². The third-order valence-electron chi connectivity index (χ3n) is 4.40. The number of nitrogens with one attached hydrogen (secondary N) is 2. The number of anilines is 2. The second-order valence-electron chi connectivity index (χ2n) is 6.13. The molecule has 2 atom stereocenters. The lowest BCUT2D eigenvalue weighted by atomic mass is 9.94. The minimum atomic E-state index is -0.358. The summed E-state index contributed by atoms with van der Waals surface area (Å²) in [5.74, 6) is -0.448. The smallest absolute Gasteiger partial charge is 0.229 e. The lowest BCUT2D eigenvalue weighted by Gasteiger charge is -2.21. The maximum Gasteiger partial charge on any atom is 0.229 e. The monoisotopic (exact) mass is 323 g/mol. The molecule has 0 saturated heterocycles. The van der Waals surface area contributed by atoms with Crippen molar-refractivity contribution in [3.63, 3.8) is 0 Å². The second kappa shape index (κ2) is 6.84. The van der Waals surface area contributed by atoms with E-state index in [4.69, 9.17) is 5.73 Å². The van der Waals surface area contributed by atoms with Crippen LogP contribution in [0.5, 0.6) is 0 Å². The molecule has 2 amide bonds. The third kappa shape index (κ3) is 3.46. The van der Waals surface area contributed by atoms with E-state index in [-0.39, 0.29) is 23.8 Å². The number of nitrogens with two attached hydrogens (primary N) is 1. The first-order valence-corrected chi connectivity index (χ1v) is 8.09. The maximum atomic E-state index is 12.5. The first-order chi connectivity index (χ1) is 11.5. The highest BCUT2D eigenvalue weighted by atomic mass is 16.2. The van der Waals surface area contributed by atoms with Gasteiger partial charge in [0.1, 0.15) is 0 Å². The fraction of sp³-hybridized carbons (Fsp3) is 0.263. The summed E-state index contributed by atoms with van der Waals surface area (Å²) in [6, 6.07) is 14.8. The molecular formula is C19H21N3O2. The van der Waals surface area contributed by atoms with E-state index < -0.39 is 0 Å². The van der Waals surface area contributed by atoms with E-state index in [9.17, 15) is 9.59 Å². The van der Waals surface area contributed by atoms with Gasteiger partial charge in [-0.2, -0.15) is 0 Å². The highest BCUT2D eigenvalue weighted by molar-refractivity contribution is 5.96. The molecule has 24 heavy (non-hydrogen) atoms. The second-order valence-corrected chi connectivity index (χ2v) is 6.13. The molecule has 5 nitrogen and oxygen atoms in total. The predicted octanol–water partition coefficient (Wildman–Crippen LogP) is 2.85. The molecule has 1 heterocycles. The first kappa shape index (κ1) is 16.2. The Balaban J connectivity index is 1.69. The van der Waals surface area contributed by atoms with Crippen LogP contribution in [0.2, 0.25) is 0 Å². The van der Waals surface area contributed by atoms with Crippen molar-refractivity contribution in [1.82, 2.24) is 0 Å². The van der Waals surface area contributed by atoms with Gasteiger partial charge in [-0.15, -0.1) is 0 Å². The molecule has 0 fully saturated rings. The number of hydrogen-bond donors (Lipinski definition) is 3. The Hall–Kier alpha value is -2.66. The molecule has 124 valence electrons. The molecule has 0 saturated carbocycles. The molecule has 1 aliphatic heterocycles. The van der Waals surface area contributed by atoms with Crippen LogP contribution >= 0.6 is 0 Å². The van der Waals surface area contributed by atoms with Crippen LogP contribution in [0.25, 0.3) is 0 Å². The van der Waals surface area contributed by atoms with Crippen LogP contribution in [0.3, 0.4) is 0 Å². The van der Waals surface area contributed by atoms with E-state index in [2.05, 4.69) is 10.6 Å². The Kier molecular flexibility index (Phi) is 4.62. The SMILES string of the molecule is CC(C(=O)Nc1ccc2c(c1)CCC(=O)N2)C(N)c1ccccc1. The Morgan fingerprint density at radius 1 is 1.17 bits per heavy atom. The molecule has 0 aromatic heterocycles. The van der Waals surface area contributed by atoms with E-state index in [1.54, 1.807) is 6.07 Å². The van der Waals surface area contributed by atoms with Crippen LogP contribution in [-0.2, 0) is 16.0 Å². The normalized spacial score (nSPS) is 15.8. The van der Waals surface area contributed by atoms with Crippen LogP contribution in [0.1, 0.15) is 30.5 Å². The summed E-state index contributed by atoms with van der Waals surface area (Å²) in [6.45, 7) is 1.83. The molecule has 5 heteroatoms. The van der Waals surface area contributed by atoms with Crippen molar-refractivity contribution in [2.75, 3.05) is 10.6 Å². The van der Waals surface area contributed by atoms with Crippen LogP contribution < -0.4 is 16.4 Å². The average Bonchev–Trinajstić information content (AvgIpc) is 2.61. The van der Waals surface area contributed by atoms with Crippen molar-refractivity contribution in [3.8, 4) is 0 Å². The fourth-order valence-corrected chi connectivity index (χ4v) is 2.84. The number of carbonyl (C=O) groups is 2. The van der Waals surface area contributed by atoms with Gasteiger partial charge in [0.15, 0.2) is 0 Å².